The Labute approximate surface area is 94.6 Å². The van der Waals surface area contributed by atoms with Gasteiger partial charge in [0, 0.05) is 5.69 Å². The van der Waals surface area contributed by atoms with Crippen molar-refractivity contribution in [2.75, 3.05) is 12.4 Å². The van der Waals surface area contributed by atoms with Crippen LogP contribution in [0.1, 0.15) is 18.9 Å². The Hall–Kier alpha value is -1.84. The number of aryl methyl sites for hydroxylation is 1. The second-order valence-electron chi connectivity index (χ2n) is 3.35. The predicted octanol–water partition coefficient (Wildman–Crippen LogP) is 1.75. The number of anilines is 1. The van der Waals surface area contributed by atoms with Gasteiger partial charge in [0.2, 0.25) is 0 Å². The minimum Gasteiger partial charge on any atom is -0.462 e. The molecule has 86 valence electrons. The molecule has 0 heterocycles. The first-order chi connectivity index (χ1) is 7.69. The van der Waals surface area contributed by atoms with E-state index in [1.165, 1.54) is 7.11 Å². The van der Waals surface area contributed by atoms with Crippen LogP contribution in [0.25, 0.3) is 0 Å². The maximum Gasteiger partial charge on any atom is 0.396 e. The minimum atomic E-state index is -0.883. The number of esters is 1. The molecule has 0 aliphatic rings. The molecule has 0 atom stereocenters. The van der Waals surface area contributed by atoms with Gasteiger partial charge in [-0.25, -0.2) is 4.79 Å². The number of ether oxygens (including phenoxy) is 1. The number of hydrogen-bond acceptors (Lipinski definition) is 3. The summed E-state index contributed by atoms with van der Waals surface area (Å²) in [5.74, 6) is -1.63. The summed E-state index contributed by atoms with van der Waals surface area (Å²) in [4.78, 5) is 22.3. The van der Waals surface area contributed by atoms with E-state index in [0.29, 0.717) is 5.69 Å². The molecule has 0 aliphatic heterocycles. The molecule has 0 aromatic heterocycles. The summed E-state index contributed by atoms with van der Waals surface area (Å²) >= 11 is 0. The molecular weight excluding hydrogens is 206 g/mol. The minimum absolute atomic E-state index is 0.666. The van der Waals surface area contributed by atoms with Crippen LogP contribution in [0.15, 0.2) is 24.3 Å². The number of rotatable bonds is 3. The van der Waals surface area contributed by atoms with Crippen molar-refractivity contribution in [1.82, 2.24) is 0 Å². The Bertz CT molecular complexity index is 388. The number of hydrogen-bond donors (Lipinski definition) is 1. The topological polar surface area (TPSA) is 55.4 Å². The zero-order chi connectivity index (χ0) is 12.0. The second-order valence-corrected chi connectivity index (χ2v) is 3.35. The maximum atomic E-state index is 11.3. The SMILES string of the molecule is CCCc1ccccc1NC(=O)C(=O)OC. The fourth-order valence-corrected chi connectivity index (χ4v) is 1.40. The van der Waals surface area contributed by atoms with Crippen molar-refractivity contribution < 1.29 is 14.3 Å². The average Bonchev–Trinajstić information content (AvgIpc) is 2.31. The van der Waals surface area contributed by atoms with Crippen LogP contribution in [0, 0.1) is 0 Å². The third kappa shape index (κ3) is 3.08. The lowest BCUT2D eigenvalue weighted by atomic mass is 10.1. The summed E-state index contributed by atoms with van der Waals surface area (Å²) in [5, 5.41) is 2.53. The van der Waals surface area contributed by atoms with Gasteiger partial charge < -0.3 is 10.1 Å². The molecule has 0 fully saturated rings. The Balaban J connectivity index is 2.80. The Kier molecular flexibility index (Phi) is 4.51. The van der Waals surface area contributed by atoms with Gasteiger partial charge in [-0.15, -0.1) is 0 Å². The first kappa shape index (κ1) is 12.2. The van der Waals surface area contributed by atoms with Gasteiger partial charge in [-0.2, -0.15) is 0 Å². The molecule has 0 radical (unpaired) electrons. The molecule has 1 amide bonds. The van der Waals surface area contributed by atoms with Crippen LogP contribution in [0.5, 0.6) is 0 Å². The fraction of sp³-hybridized carbons (Fsp3) is 0.333. The van der Waals surface area contributed by atoms with Crippen LogP contribution in [0.4, 0.5) is 5.69 Å². The first-order valence-corrected chi connectivity index (χ1v) is 5.16. The first-order valence-electron chi connectivity index (χ1n) is 5.16. The highest BCUT2D eigenvalue weighted by Gasteiger charge is 2.14. The fourth-order valence-electron chi connectivity index (χ4n) is 1.40. The van der Waals surface area contributed by atoms with Gasteiger partial charge in [-0.1, -0.05) is 31.5 Å². The van der Waals surface area contributed by atoms with Crippen LogP contribution in [0.2, 0.25) is 0 Å². The van der Waals surface area contributed by atoms with Crippen LogP contribution < -0.4 is 5.32 Å². The van der Waals surface area contributed by atoms with Crippen molar-refractivity contribution in [2.45, 2.75) is 19.8 Å². The van der Waals surface area contributed by atoms with Crippen molar-refractivity contribution in [3.63, 3.8) is 0 Å². The summed E-state index contributed by atoms with van der Waals surface area (Å²) in [7, 11) is 1.18. The number of amides is 1. The molecule has 16 heavy (non-hydrogen) atoms. The number of benzene rings is 1. The van der Waals surface area contributed by atoms with Crippen molar-refractivity contribution >= 4 is 17.6 Å². The maximum absolute atomic E-state index is 11.3. The molecule has 1 N–H and O–H groups in total. The number of carbonyl (C=O) groups excluding carboxylic acids is 2. The van der Waals surface area contributed by atoms with Gasteiger partial charge in [-0.05, 0) is 18.1 Å². The summed E-state index contributed by atoms with van der Waals surface area (Å²) in [6.45, 7) is 2.05. The zero-order valence-corrected chi connectivity index (χ0v) is 9.45. The molecule has 0 spiro atoms. The molecule has 1 aromatic carbocycles. The van der Waals surface area contributed by atoms with Gasteiger partial charge in [0.25, 0.3) is 0 Å². The third-order valence-corrected chi connectivity index (χ3v) is 2.16. The van der Waals surface area contributed by atoms with Crippen LogP contribution in [-0.4, -0.2) is 19.0 Å². The molecular formula is C12H15NO3. The van der Waals surface area contributed by atoms with E-state index in [9.17, 15) is 9.59 Å². The molecule has 4 heteroatoms. The van der Waals surface area contributed by atoms with Gasteiger partial charge in [0.1, 0.15) is 0 Å². The quantitative estimate of drug-likeness (QED) is 0.625. The molecule has 0 saturated carbocycles. The highest BCUT2D eigenvalue weighted by Crippen LogP contribution is 2.16. The van der Waals surface area contributed by atoms with Crippen molar-refractivity contribution in [3.05, 3.63) is 29.8 Å². The average molecular weight is 221 g/mol. The molecule has 0 unspecified atom stereocenters. The summed E-state index contributed by atoms with van der Waals surface area (Å²) < 4.78 is 4.33. The number of methoxy groups -OCH3 is 1. The van der Waals surface area contributed by atoms with Crippen molar-refractivity contribution in [2.24, 2.45) is 0 Å². The molecule has 1 aromatic rings. The predicted molar refractivity (Wildman–Crippen MR) is 61.1 cm³/mol. The van der Waals surface area contributed by atoms with Crippen molar-refractivity contribution in [1.29, 1.82) is 0 Å². The standard InChI is InChI=1S/C12H15NO3/c1-3-6-9-7-4-5-8-10(9)13-11(14)12(15)16-2/h4-5,7-8H,3,6H2,1-2H3,(H,13,14). The van der Waals surface area contributed by atoms with E-state index in [-0.39, 0.29) is 0 Å². The van der Waals surface area contributed by atoms with Gasteiger partial charge in [-0.3, -0.25) is 4.79 Å². The largest absolute Gasteiger partial charge is 0.462 e. The molecule has 1 rings (SSSR count). The normalized spacial score (nSPS) is 9.62. The lowest BCUT2D eigenvalue weighted by molar-refractivity contribution is -0.150. The van der Waals surface area contributed by atoms with E-state index in [0.717, 1.165) is 18.4 Å². The van der Waals surface area contributed by atoms with E-state index in [1.807, 2.05) is 18.2 Å². The Morgan fingerprint density at radius 2 is 2.00 bits per heavy atom. The third-order valence-electron chi connectivity index (χ3n) is 2.16. The highest BCUT2D eigenvalue weighted by molar-refractivity contribution is 6.37. The Morgan fingerprint density at radius 3 is 2.62 bits per heavy atom. The van der Waals surface area contributed by atoms with E-state index >= 15 is 0 Å². The van der Waals surface area contributed by atoms with Crippen LogP contribution >= 0.6 is 0 Å². The summed E-state index contributed by atoms with van der Waals surface area (Å²) in [6.07, 6.45) is 1.84. The number of para-hydroxylation sites is 1. The lowest BCUT2D eigenvalue weighted by Gasteiger charge is -2.08. The van der Waals surface area contributed by atoms with Crippen LogP contribution in [-0.2, 0) is 20.7 Å². The van der Waals surface area contributed by atoms with Crippen molar-refractivity contribution in [3.8, 4) is 0 Å². The van der Waals surface area contributed by atoms with Gasteiger partial charge >= 0.3 is 11.9 Å². The smallest absolute Gasteiger partial charge is 0.396 e. The van der Waals surface area contributed by atoms with E-state index < -0.39 is 11.9 Å². The lowest BCUT2D eigenvalue weighted by Crippen LogP contribution is -2.24. The zero-order valence-electron chi connectivity index (χ0n) is 9.45. The van der Waals surface area contributed by atoms with E-state index in [1.54, 1.807) is 6.07 Å². The highest BCUT2D eigenvalue weighted by atomic mass is 16.5. The second kappa shape index (κ2) is 5.90. The monoisotopic (exact) mass is 221 g/mol. The summed E-state index contributed by atoms with van der Waals surface area (Å²) in [6, 6.07) is 7.41. The van der Waals surface area contributed by atoms with Gasteiger partial charge in [0.15, 0.2) is 0 Å². The summed E-state index contributed by atoms with van der Waals surface area (Å²) in [5.41, 5.74) is 1.68. The van der Waals surface area contributed by atoms with E-state index in [2.05, 4.69) is 17.0 Å². The van der Waals surface area contributed by atoms with E-state index in [4.69, 9.17) is 0 Å². The van der Waals surface area contributed by atoms with Crippen LogP contribution in [0.3, 0.4) is 0 Å². The molecule has 0 saturated heterocycles. The van der Waals surface area contributed by atoms with Gasteiger partial charge in [0.05, 0.1) is 7.11 Å². The number of nitrogens with one attached hydrogen (secondary N) is 1. The Morgan fingerprint density at radius 1 is 1.31 bits per heavy atom. The number of carbonyl (C=O) groups is 2. The molecule has 4 nitrogen and oxygen atoms in total. The molecule has 0 aliphatic carbocycles. The molecule has 0 bridgehead atoms.